The number of anilines is 1. The van der Waals surface area contributed by atoms with E-state index < -0.39 is 12.0 Å². The van der Waals surface area contributed by atoms with E-state index in [0.29, 0.717) is 18.1 Å². The van der Waals surface area contributed by atoms with Crippen LogP contribution in [-0.4, -0.2) is 61.2 Å². The zero-order valence-electron chi connectivity index (χ0n) is 17.4. The first-order valence-corrected chi connectivity index (χ1v) is 10.5. The lowest BCUT2D eigenvalue weighted by atomic mass is 10.1. The van der Waals surface area contributed by atoms with Gasteiger partial charge in [-0.3, -0.25) is 0 Å². The summed E-state index contributed by atoms with van der Waals surface area (Å²) >= 11 is 6.03. The Balaban J connectivity index is 1.45. The molecule has 11 nitrogen and oxygen atoms in total. The number of nitrogens with zero attached hydrogens (tertiary/aromatic N) is 7. The number of methoxy groups -OCH3 is 1. The van der Waals surface area contributed by atoms with Crippen LogP contribution in [0, 0.1) is 0 Å². The number of halogens is 1. The van der Waals surface area contributed by atoms with E-state index in [1.807, 2.05) is 4.90 Å². The van der Waals surface area contributed by atoms with Crippen molar-refractivity contribution >= 4 is 23.5 Å². The molecule has 0 spiro atoms. The number of esters is 1. The molecule has 168 valence electrons. The van der Waals surface area contributed by atoms with Gasteiger partial charge in [0.15, 0.2) is 6.04 Å². The number of rotatable bonds is 8. The van der Waals surface area contributed by atoms with Crippen LogP contribution in [0.5, 0.6) is 11.8 Å². The van der Waals surface area contributed by atoms with E-state index in [0.717, 1.165) is 31.5 Å². The molecule has 32 heavy (non-hydrogen) atoms. The first-order chi connectivity index (χ1) is 15.5. The van der Waals surface area contributed by atoms with Crippen molar-refractivity contribution in [2.45, 2.75) is 31.9 Å². The first kappa shape index (κ1) is 21.8. The van der Waals surface area contributed by atoms with E-state index in [-0.39, 0.29) is 23.7 Å². The molecule has 0 amide bonds. The topological polar surface area (TPSA) is 128 Å². The van der Waals surface area contributed by atoms with Gasteiger partial charge in [0.25, 0.3) is 0 Å². The number of carbonyl (C=O) groups excluding carboxylic acids is 1. The molecule has 0 saturated carbocycles. The molecule has 1 N–H and O–H groups in total. The van der Waals surface area contributed by atoms with Gasteiger partial charge in [0.05, 0.1) is 13.3 Å². The van der Waals surface area contributed by atoms with Crippen LogP contribution in [0.4, 0.5) is 5.95 Å². The second kappa shape index (κ2) is 9.77. The van der Waals surface area contributed by atoms with Crippen LogP contribution in [0.25, 0.3) is 0 Å². The van der Waals surface area contributed by atoms with E-state index in [2.05, 4.69) is 25.3 Å². The maximum Gasteiger partial charge on any atom is 0.331 e. The van der Waals surface area contributed by atoms with Gasteiger partial charge >= 0.3 is 12.0 Å². The normalized spacial score (nSPS) is 14.4. The predicted octanol–water partition coefficient (Wildman–Crippen LogP) is 1.96. The summed E-state index contributed by atoms with van der Waals surface area (Å²) < 4.78 is 12.0. The molecule has 1 atom stereocenters. The zero-order chi connectivity index (χ0) is 22.5. The van der Waals surface area contributed by atoms with Crippen molar-refractivity contribution in [3.05, 3.63) is 47.0 Å². The highest BCUT2D eigenvalue weighted by molar-refractivity contribution is 6.28. The molecule has 1 aliphatic heterocycles. The van der Waals surface area contributed by atoms with Crippen LogP contribution in [0.2, 0.25) is 5.28 Å². The van der Waals surface area contributed by atoms with Crippen LogP contribution >= 0.6 is 11.6 Å². The minimum atomic E-state index is -0.723. The molecule has 0 aliphatic carbocycles. The van der Waals surface area contributed by atoms with Gasteiger partial charge < -0.3 is 19.5 Å². The van der Waals surface area contributed by atoms with Gasteiger partial charge in [-0.1, -0.05) is 17.3 Å². The van der Waals surface area contributed by atoms with E-state index >= 15 is 0 Å². The molecule has 1 aromatic carbocycles. The van der Waals surface area contributed by atoms with Crippen LogP contribution in [0.3, 0.4) is 0 Å². The van der Waals surface area contributed by atoms with Gasteiger partial charge in [0.2, 0.25) is 11.2 Å². The molecule has 1 saturated heterocycles. The van der Waals surface area contributed by atoms with Crippen LogP contribution in [0.15, 0.2) is 30.5 Å². The van der Waals surface area contributed by atoms with Gasteiger partial charge in [-0.15, -0.1) is 5.10 Å². The van der Waals surface area contributed by atoms with Crippen molar-refractivity contribution < 1.29 is 19.4 Å². The van der Waals surface area contributed by atoms with Gasteiger partial charge in [-0.05, 0) is 42.1 Å². The summed E-state index contributed by atoms with van der Waals surface area (Å²) in [5, 5.41) is 17.6. The van der Waals surface area contributed by atoms with Crippen LogP contribution in [-0.2, 0) is 22.6 Å². The lowest BCUT2D eigenvalue weighted by Gasteiger charge is -2.15. The fourth-order valence-corrected chi connectivity index (χ4v) is 3.54. The minimum absolute atomic E-state index is 0.0346. The molecule has 2 aromatic heterocycles. The molecule has 1 unspecified atom stereocenters. The van der Waals surface area contributed by atoms with E-state index in [4.69, 9.17) is 21.1 Å². The number of phenolic OH excluding ortho intramolecular Hbond substituents is 1. The monoisotopic (exact) mass is 459 g/mol. The molecule has 3 heterocycles. The smallest absolute Gasteiger partial charge is 0.331 e. The lowest BCUT2D eigenvalue weighted by Crippen LogP contribution is -2.23. The summed E-state index contributed by atoms with van der Waals surface area (Å²) in [7, 11) is 1.32. The summed E-state index contributed by atoms with van der Waals surface area (Å²) in [5.41, 5.74) is 1.31. The summed E-state index contributed by atoms with van der Waals surface area (Å²) in [6.45, 7) is 1.76. The molecule has 12 heteroatoms. The SMILES string of the molecule is COC(=O)C(Cc1ccc(O)cc1)n1cc(COc2nc(Cl)nc(N3CCCC3)n2)nn1. The quantitative estimate of drug-likeness (QED) is 0.499. The fourth-order valence-electron chi connectivity index (χ4n) is 3.39. The van der Waals surface area contributed by atoms with Crippen LogP contribution in [0.1, 0.15) is 30.1 Å². The third-order valence-corrected chi connectivity index (χ3v) is 5.20. The van der Waals surface area contributed by atoms with Crippen molar-refractivity contribution in [1.29, 1.82) is 0 Å². The van der Waals surface area contributed by atoms with Crippen molar-refractivity contribution in [2.24, 2.45) is 0 Å². The highest BCUT2D eigenvalue weighted by atomic mass is 35.5. The molecule has 1 fully saturated rings. The van der Waals surface area contributed by atoms with Crippen molar-refractivity contribution in [3.8, 4) is 11.8 Å². The van der Waals surface area contributed by atoms with Gasteiger partial charge in [0, 0.05) is 19.5 Å². The number of hydrogen-bond acceptors (Lipinski definition) is 10. The molecule has 1 aliphatic rings. The van der Waals surface area contributed by atoms with Gasteiger partial charge in [0.1, 0.15) is 18.1 Å². The minimum Gasteiger partial charge on any atom is -0.508 e. The van der Waals surface area contributed by atoms with Crippen molar-refractivity contribution in [2.75, 3.05) is 25.1 Å². The Kier molecular flexibility index (Phi) is 6.64. The molecule has 4 rings (SSSR count). The van der Waals surface area contributed by atoms with E-state index in [9.17, 15) is 9.90 Å². The number of hydrogen-bond donors (Lipinski definition) is 1. The Morgan fingerprint density at radius 3 is 2.66 bits per heavy atom. The standard InChI is InChI=1S/C20H22ClN7O4/c1-31-17(30)16(10-13-4-6-15(29)7-5-13)28-11-14(25-26-28)12-32-20-23-18(21)22-19(24-20)27-8-2-3-9-27/h4-7,11,16,29H,2-3,8-10,12H2,1H3. The fraction of sp³-hybridized carbons (Fsp3) is 0.400. The highest BCUT2D eigenvalue weighted by Crippen LogP contribution is 2.21. The average Bonchev–Trinajstić information content (AvgIpc) is 3.49. The van der Waals surface area contributed by atoms with Gasteiger partial charge in [-0.2, -0.15) is 15.0 Å². The average molecular weight is 460 g/mol. The number of ether oxygens (including phenoxy) is 2. The number of benzene rings is 1. The summed E-state index contributed by atoms with van der Waals surface area (Å²) in [6, 6.07) is 5.94. The Morgan fingerprint density at radius 1 is 1.19 bits per heavy atom. The molecule has 3 aromatic rings. The first-order valence-electron chi connectivity index (χ1n) is 10.1. The Labute approximate surface area is 189 Å². The van der Waals surface area contributed by atoms with Crippen molar-refractivity contribution in [1.82, 2.24) is 29.9 Å². The molecule has 0 bridgehead atoms. The largest absolute Gasteiger partial charge is 0.508 e. The Morgan fingerprint density at radius 2 is 1.94 bits per heavy atom. The zero-order valence-corrected chi connectivity index (χ0v) is 18.1. The van der Waals surface area contributed by atoms with Gasteiger partial charge in [-0.25, -0.2) is 9.48 Å². The lowest BCUT2D eigenvalue weighted by molar-refractivity contribution is -0.144. The maximum atomic E-state index is 12.3. The third-order valence-electron chi connectivity index (χ3n) is 5.03. The number of phenols is 1. The van der Waals surface area contributed by atoms with Crippen molar-refractivity contribution in [3.63, 3.8) is 0 Å². The van der Waals surface area contributed by atoms with Crippen LogP contribution < -0.4 is 9.64 Å². The number of aromatic nitrogens is 6. The summed E-state index contributed by atoms with van der Waals surface area (Å²) in [5.74, 6) is 0.172. The Hall–Kier alpha value is -3.47. The molecular weight excluding hydrogens is 438 g/mol. The predicted molar refractivity (Wildman–Crippen MR) is 114 cm³/mol. The second-order valence-electron chi connectivity index (χ2n) is 7.27. The maximum absolute atomic E-state index is 12.3. The Bertz CT molecular complexity index is 1070. The number of carbonyl (C=O) groups is 1. The highest BCUT2D eigenvalue weighted by Gasteiger charge is 2.24. The summed E-state index contributed by atoms with van der Waals surface area (Å²) in [6.07, 6.45) is 4.08. The van der Waals surface area contributed by atoms with E-state index in [1.54, 1.807) is 30.5 Å². The molecule has 0 radical (unpaired) electrons. The molecular formula is C20H22ClN7O4. The number of aromatic hydroxyl groups is 1. The summed E-state index contributed by atoms with van der Waals surface area (Å²) in [4.78, 5) is 26.9. The second-order valence-corrected chi connectivity index (χ2v) is 7.61. The van der Waals surface area contributed by atoms with E-state index in [1.165, 1.54) is 11.8 Å². The third kappa shape index (κ3) is 5.22.